The van der Waals surface area contributed by atoms with E-state index in [-0.39, 0.29) is 23.3 Å². The summed E-state index contributed by atoms with van der Waals surface area (Å²) in [5.41, 5.74) is -4.73. The van der Waals surface area contributed by atoms with Crippen molar-refractivity contribution in [1.29, 1.82) is 0 Å². The van der Waals surface area contributed by atoms with Crippen molar-refractivity contribution in [3.8, 4) is 11.5 Å². The van der Waals surface area contributed by atoms with Crippen LogP contribution in [-0.2, 0) is 22.4 Å². The van der Waals surface area contributed by atoms with Gasteiger partial charge in [0.25, 0.3) is 5.91 Å². The number of halogens is 6. The first kappa shape index (κ1) is 26.1. The summed E-state index contributed by atoms with van der Waals surface area (Å²) in [5.74, 6) is -1.19. The highest BCUT2D eigenvalue weighted by Gasteiger charge is 2.37. The Hall–Kier alpha value is -3.16. The van der Waals surface area contributed by atoms with Crippen LogP contribution in [0.3, 0.4) is 0 Å². The number of benzene rings is 2. The molecule has 0 aliphatic carbocycles. The van der Waals surface area contributed by atoms with Crippen molar-refractivity contribution in [1.82, 2.24) is 0 Å². The minimum atomic E-state index is -5.12. The van der Waals surface area contributed by atoms with Gasteiger partial charge in [0.05, 0.1) is 42.9 Å². The Morgan fingerprint density at radius 1 is 0.879 bits per heavy atom. The minimum absolute atomic E-state index is 0.0259. The van der Waals surface area contributed by atoms with Gasteiger partial charge in [-0.1, -0.05) is 0 Å². The lowest BCUT2D eigenvalue weighted by Crippen LogP contribution is -2.28. The molecular weight excluding hydrogens is 482 g/mol. The standard InChI is InChI=1S/C19H18F6N2O5S/c1-27(33(4,29)30)14-9-16(32-3)15(31-2)8-13(14)17(28)26-12-6-10(18(20,21)22)5-11(7-12)19(23,24)25/h5-9H,1-4H3,(H,26,28). The van der Waals surface area contributed by atoms with E-state index in [0.29, 0.717) is 16.4 Å². The van der Waals surface area contributed by atoms with Gasteiger partial charge < -0.3 is 14.8 Å². The molecule has 7 nitrogen and oxygen atoms in total. The fourth-order valence-electron chi connectivity index (χ4n) is 2.71. The Morgan fingerprint density at radius 2 is 1.33 bits per heavy atom. The summed E-state index contributed by atoms with van der Waals surface area (Å²) in [6, 6.07) is 2.74. The predicted molar refractivity (Wildman–Crippen MR) is 107 cm³/mol. The normalized spacial score (nSPS) is 12.3. The molecular formula is C19H18F6N2O5S. The zero-order chi connectivity index (χ0) is 25.4. The number of ether oxygens (including phenoxy) is 2. The van der Waals surface area contributed by atoms with E-state index in [9.17, 15) is 39.6 Å². The van der Waals surface area contributed by atoms with Crippen molar-refractivity contribution in [3.63, 3.8) is 0 Å². The van der Waals surface area contributed by atoms with Gasteiger partial charge in [0.15, 0.2) is 11.5 Å². The summed E-state index contributed by atoms with van der Waals surface area (Å²) in [6.45, 7) is 0. The van der Waals surface area contributed by atoms with E-state index in [1.807, 2.05) is 5.32 Å². The van der Waals surface area contributed by atoms with Crippen LogP contribution in [0.2, 0.25) is 0 Å². The summed E-state index contributed by atoms with van der Waals surface area (Å²) in [7, 11) is -0.376. The highest BCUT2D eigenvalue weighted by atomic mass is 32.2. The lowest BCUT2D eigenvalue weighted by molar-refractivity contribution is -0.143. The first-order valence-corrected chi connectivity index (χ1v) is 10.6. The number of amides is 1. The molecule has 0 aromatic heterocycles. The van der Waals surface area contributed by atoms with E-state index in [2.05, 4.69) is 0 Å². The second-order valence-electron chi connectivity index (χ2n) is 6.70. The average Bonchev–Trinajstić information content (AvgIpc) is 2.69. The summed E-state index contributed by atoms with van der Waals surface area (Å²) in [5, 5.41) is 1.96. The first-order chi connectivity index (χ1) is 15.0. The first-order valence-electron chi connectivity index (χ1n) is 8.79. The van der Waals surface area contributed by atoms with Gasteiger partial charge >= 0.3 is 12.4 Å². The SMILES string of the molecule is COc1cc(C(=O)Nc2cc(C(F)(F)F)cc(C(F)(F)F)c2)c(N(C)S(C)(=O)=O)cc1OC. The van der Waals surface area contributed by atoms with Crippen LogP contribution >= 0.6 is 0 Å². The molecule has 0 saturated heterocycles. The van der Waals surface area contributed by atoms with Crippen LogP contribution in [0.5, 0.6) is 11.5 Å². The number of alkyl halides is 6. The third kappa shape index (κ3) is 6.00. The van der Waals surface area contributed by atoms with Crippen LogP contribution in [-0.4, -0.2) is 41.8 Å². The minimum Gasteiger partial charge on any atom is -0.493 e. The zero-order valence-electron chi connectivity index (χ0n) is 17.6. The summed E-state index contributed by atoms with van der Waals surface area (Å²) >= 11 is 0. The summed E-state index contributed by atoms with van der Waals surface area (Å²) < 4.78 is 113. The van der Waals surface area contributed by atoms with Gasteiger partial charge in [0.1, 0.15) is 0 Å². The van der Waals surface area contributed by atoms with Crippen molar-refractivity contribution in [2.75, 3.05) is 37.1 Å². The van der Waals surface area contributed by atoms with Crippen LogP contribution in [0.1, 0.15) is 21.5 Å². The van der Waals surface area contributed by atoms with Crippen molar-refractivity contribution in [3.05, 3.63) is 47.0 Å². The summed E-state index contributed by atoms with van der Waals surface area (Å²) in [4.78, 5) is 12.9. The number of hydrogen-bond donors (Lipinski definition) is 1. The van der Waals surface area contributed by atoms with Crippen LogP contribution in [0.25, 0.3) is 0 Å². The quantitative estimate of drug-likeness (QED) is 0.595. The second kappa shape index (κ2) is 9.00. The molecule has 0 unspecified atom stereocenters. The number of carbonyl (C=O) groups is 1. The predicted octanol–water partition coefficient (Wildman–Crippen LogP) is 4.39. The van der Waals surface area contributed by atoms with E-state index in [0.717, 1.165) is 25.4 Å². The number of hydrogen-bond acceptors (Lipinski definition) is 5. The molecule has 0 spiro atoms. The fraction of sp³-hybridized carbons (Fsp3) is 0.316. The van der Waals surface area contributed by atoms with Crippen molar-refractivity contribution in [2.45, 2.75) is 12.4 Å². The van der Waals surface area contributed by atoms with Gasteiger partial charge in [-0.3, -0.25) is 9.10 Å². The molecule has 0 saturated carbocycles. The second-order valence-corrected chi connectivity index (χ2v) is 8.72. The van der Waals surface area contributed by atoms with E-state index in [1.54, 1.807) is 0 Å². The van der Waals surface area contributed by atoms with Crippen LogP contribution in [0.15, 0.2) is 30.3 Å². The number of nitrogens with zero attached hydrogens (tertiary/aromatic N) is 1. The molecule has 2 rings (SSSR count). The molecule has 1 N–H and O–H groups in total. The van der Waals surface area contributed by atoms with E-state index >= 15 is 0 Å². The molecule has 0 heterocycles. The fourth-order valence-corrected chi connectivity index (χ4v) is 3.22. The Balaban J connectivity index is 2.65. The molecule has 33 heavy (non-hydrogen) atoms. The Kier molecular flexibility index (Phi) is 7.12. The molecule has 1 amide bonds. The molecule has 0 bridgehead atoms. The molecule has 0 radical (unpaired) electrons. The van der Waals surface area contributed by atoms with Crippen LogP contribution in [0, 0.1) is 0 Å². The third-order valence-electron chi connectivity index (χ3n) is 4.43. The molecule has 2 aromatic carbocycles. The van der Waals surface area contributed by atoms with Gasteiger partial charge in [-0.05, 0) is 24.3 Å². The highest BCUT2D eigenvalue weighted by molar-refractivity contribution is 7.92. The Labute approximate surface area is 184 Å². The molecule has 2 aromatic rings. The number of methoxy groups -OCH3 is 2. The monoisotopic (exact) mass is 500 g/mol. The maximum Gasteiger partial charge on any atom is 0.416 e. The maximum atomic E-state index is 13.1. The van der Waals surface area contributed by atoms with Crippen molar-refractivity contribution >= 4 is 27.3 Å². The van der Waals surface area contributed by atoms with Crippen LogP contribution in [0.4, 0.5) is 37.7 Å². The number of sulfonamides is 1. The highest BCUT2D eigenvalue weighted by Crippen LogP contribution is 2.39. The summed E-state index contributed by atoms with van der Waals surface area (Å²) in [6.07, 6.45) is -9.41. The molecule has 182 valence electrons. The van der Waals surface area contributed by atoms with E-state index in [4.69, 9.17) is 9.47 Å². The number of carbonyl (C=O) groups excluding carboxylic acids is 1. The lowest BCUT2D eigenvalue weighted by atomic mass is 10.1. The van der Waals surface area contributed by atoms with Gasteiger partial charge in [0.2, 0.25) is 10.0 Å². The number of anilines is 2. The Morgan fingerprint density at radius 3 is 1.73 bits per heavy atom. The van der Waals surface area contributed by atoms with Crippen molar-refractivity contribution in [2.24, 2.45) is 0 Å². The molecule has 0 atom stereocenters. The largest absolute Gasteiger partial charge is 0.493 e. The van der Waals surface area contributed by atoms with E-state index < -0.39 is 50.7 Å². The molecule has 0 fully saturated rings. The van der Waals surface area contributed by atoms with E-state index in [1.165, 1.54) is 14.2 Å². The lowest BCUT2D eigenvalue weighted by Gasteiger charge is -2.22. The van der Waals surface area contributed by atoms with Gasteiger partial charge in [-0.25, -0.2) is 8.42 Å². The topological polar surface area (TPSA) is 84.9 Å². The Bertz CT molecular complexity index is 1130. The number of nitrogens with one attached hydrogen (secondary N) is 1. The maximum absolute atomic E-state index is 13.1. The molecule has 14 heteroatoms. The van der Waals surface area contributed by atoms with Crippen molar-refractivity contribution < 1.29 is 49.0 Å². The van der Waals surface area contributed by atoms with Gasteiger partial charge in [-0.2, -0.15) is 26.3 Å². The van der Waals surface area contributed by atoms with Crippen LogP contribution < -0.4 is 19.1 Å². The third-order valence-corrected chi connectivity index (χ3v) is 5.62. The van der Waals surface area contributed by atoms with Gasteiger partial charge in [-0.15, -0.1) is 0 Å². The molecule has 0 aliphatic rings. The van der Waals surface area contributed by atoms with Gasteiger partial charge in [0, 0.05) is 18.8 Å². The molecule has 0 aliphatic heterocycles. The number of rotatable bonds is 6. The zero-order valence-corrected chi connectivity index (χ0v) is 18.4. The smallest absolute Gasteiger partial charge is 0.416 e. The average molecular weight is 500 g/mol.